The second kappa shape index (κ2) is 5.09. The van der Waals surface area contributed by atoms with Gasteiger partial charge in [0.15, 0.2) is 0 Å². The molecule has 0 radical (unpaired) electrons. The fraction of sp³-hybridized carbons (Fsp3) is 0.545. The van der Waals surface area contributed by atoms with Gasteiger partial charge in [0.05, 0.1) is 23.8 Å². The van der Waals surface area contributed by atoms with Crippen LogP contribution in [0.25, 0.3) is 5.69 Å². The van der Waals surface area contributed by atoms with Crippen LogP contribution < -0.4 is 5.73 Å². The van der Waals surface area contributed by atoms with Gasteiger partial charge < -0.3 is 5.73 Å². The topological polar surface area (TPSA) is 74.5 Å². The molecule has 0 bridgehead atoms. The molecule has 92 valence electrons. The zero-order valence-electron chi connectivity index (χ0n) is 10.3. The lowest BCUT2D eigenvalue weighted by Crippen LogP contribution is -2.00. The van der Waals surface area contributed by atoms with E-state index in [4.69, 9.17) is 5.73 Å². The van der Waals surface area contributed by atoms with E-state index in [1.807, 2.05) is 19.4 Å². The Bertz CT molecular complexity index is 484. The molecule has 0 amide bonds. The minimum Gasteiger partial charge on any atom is -0.330 e. The predicted octanol–water partition coefficient (Wildman–Crippen LogP) is 0.455. The Balaban J connectivity index is 2.23. The second-order valence-corrected chi connectivity index (χ2v) is 4.03. The van der Waals surface area contributed by atoms with E-state index in [1.54, 1.807) is 9.36 Å². The number of aromatic nitrogens is 5. The first-order valence-corrected chi connectivity index (χ1v) is 5.88. The molecule has 0 spiro atoms. The van der Waals surface area contributed by atoms with Gasteiger partial charge in [-0.15, -0.1) is 5.10 Å². The van der Waals surface area contributed by atoms with Crippen LogP contribution in [0.2, 0.25) is 0 Å². The average Bonchev–Trinajstić information content (AvgIpc) is 2.92. The smallest absolute Gasteiger partial charge is 0.107 e. The van der Waals surface area contributed by atoms with E-state index < -0.39 is 0 Å². The predicted molar refractivity (Wildman–Crippen MR) is 64.9 cm³/mol. The van der Waals surface area contributed by atoms with Gasteiger partial charge in [0.1, 0.15) is 5.69 Å². The lowest BCUT2D eigenvalue weighted by atomic mass is 10.2. The summed E-state index contributed by atoms with van der Waals surface area (Å²) >= 11 is 0. The van der Waals surface area contributed by atoms with E-state index >= 15 is 0 Å². The van der Waals surface area contributed by atoms with Crippen molar-refractivity contribution < 1.29 is 0 Å². The maximum atomic E-state index is 5.47. The lowest BCUT2D eigenvalue weighted by Gasteiger charge is -1.97. The third kappa shape index (κ3) is 2.52. The van der Waals surface area contributed by atoms with Crippen molar-refractivity contribution in [2.45, 2.75) is 26.2 Å². The van der Waals surface area contributed by atoms with Crippen LogP contribution >= 0.6 is 0 Å². The van der Waals surface area contributed by atoms with Crippen LogP contribution in [0.4, 0.5) is 0 Å². The molecule has 2 N–H and O–H groups in total. The summed E-state index contributed by atoms with van der Waals surface area (Å²) < 4.78 is 3.59. The van der Waals surface area contributed by atoms with Gasteiger partial charge in [-0.3, -0.25) is 4.68 Å². The van der Waals surface area contributed by atoms with E-state index in [1.165, 1.54) is 0 Å². The molecule has 0 atom stereocenters. The largest absolute Gasteiger partial charge is 0.330 e. The number of aryl methyl sites for hydroxylation is 3. The van der Waals surface area contributed by atoms with Gasteiger partial charge in [-0.05, 0) is 25.8 Å². The highest BCUT2D eigenvalue weighted by Crippen LogP contribution is 2.12. The molecule has 0 aliphatic carbocycles. The molecule has 2 aromatic heterocycles. The molecule has 0 unspecified atom stereocenters. The first-order valence-electron chi connectivity index (χ1n) is 5.88. The van der Waals surface area contributed by atoms with E-state index in [2.05, 4.69) is 22.3 Å². The monoisotopic (exact) mass is 234 g/mol. The molecule has 0 aliphatic heterocycles. The SMILES string of the molecule is CCc1nn(C)cc1-n1cc(CCCN)nn1. The van der Waals surface area contributed by atoms with Gasteiger partial charge in [0.25, 0.3) is 0 Å². The van der Waals surface area contributed by atoms with Gasteiger partial charge in [-0.2, -0.15) is 5.10 Å². The highest BCUT2D eigenvalue weighted by atomic mass is 15.4. The summed E-state index contributed by atoms with van der Waals surface area (Å²) in [5.74, 6) is 0. The summed E-state index contributed by atoms with van der Waals surface area (Å²) in [6, 6.07) is 0. The number of nitrogens with zero attached hydrogens (tertiary/aromatic N) is 5. The van der Waals surface area contributed by atoms with Crippen LogP contribution in [0.15, 0.2) is 12.4 Å². The maximum Gasteiger partial charge on any atom is 0.107 e. The van der Waals surface area contributed by atoms with Gasteiger partial charge in [0.2, 0.25) is 0 Å². The zero-order valence-corrected chi connectivity index (χ0v) is 10.3. The van der Waals surface area contributed by atoms with Crippen molar-refractivity contribution >= 4 is 0 Å². The summed E-state index contributed by atoms with van der Waals surface area (Å²) in [5.41, 5.74) is 8.48. The van der Waals surface area contributed by atoms with Crippen molar-refractivity contribution in [2.24, 2.45) is 12.8 Å². The number of nitrogens with two attached hydrogens (primary N) is 1. The van der Waals surface area contributed by atoms with Crippen LogP contribution in [0, 0.1) is 0 Å². The molecule has 0 aliphatic rings. The molecule has 6 heteroatoms. The van der Waals surface area contributed by atoms with Crippen molar-refractivity contribution in [1.82, 2.24) is 24.8 Å². The third-order valence-corrected chi connectivity index (χ3v) is 2.64. The molecule has 0 saturated carbocycles. The zero-order chi connectivity index (χ0) is 12.3. The third-order valence-electron chi connectivity index (χ3n) is 2.64. The minimum absolute atomic E-state index is 0.681. The summed E-state index contributed by atoms with van der Waals surface area (Å²) in [5, 5.41) is 12.7. The van der Waals surface area contributed by atoms with Gasteiger partial charge >= 0.3 is 0 Å². The standard InChI is InChI=1S/C11H18N6/c1-3-10-11(8-16(2)14-10)17-7-9(13-15-17)5-4-6-12/h7-8H,3-6,12H2,1-2H3. The Morgan fingerprint density at radius 1 is 1.35 bits per heavy atom. The van der Waals surface area contributed by atoms with Crippen molar-refractivity contribution in [3.63, 3.8) is 0 Å². The van der Waals surface area contributed by atoms with Gasteiger partial charge in [0, 0.05) is 7.05 Å². The average molecular weight is 234 g/mol. The molecule has 2 heterocycles. The van der Waals surface area contributed by atoms with Crippen LogP contribution in [0.5, 0.6) is 0 Å². The first kappa shape index (κ1) is 11.8. The first-order chi connectivity index (χ1) is 8.24. The van der Waals surface area contributed by atoms with Crippen LogP contribution in [0.1, 0.15) is 24.7 Å². The Kier molecular flexibility index (Phi) is 3.53. The molecule has 6 nitrogen and oxygen atoms in total. The Morgan fingerprint density at radius 2 is 2.18 bits per heavy atom. The molecule has 17 heavy (non-hydrogen) atoms. The number of hydrogen-bond donors (Lipinski definition) is 1. The molecule has 2 rings (SSSR count). The van der Waals surface area contributed by atoms with Gasteiger partial charge in [-0.1, -0.05) is 12.1 Å². The fourth-order valence-electron chi connectivity index (χ4n) is 1.78. The van der Waals surface area contributed by atoms with Crippen molar-refractivity contribution in [2.75, 3.05) is 6.54 Å². The molecular formula is C11H18N6. The van der Waals surface area contributed by atoms with Crippen LogP contribution in [0.3, 0.4) is 0 Å². The molecule has 0 saturated heterocycles. The Hall–Kier alpha value is -1.69. The Morgan fingerprint density at radius 3 is 2.88 bits per heavy atom. The van der Waals surface area contributed by atoms with Crippen LogP contribution in [-0.4, -0.2) is 31.3 Å². The van der Waals surface area contributed by atoms with E-state index in [9.17, 15) is 0 Å². The fourth-order valence-corrected chi connectivity index (χ4v) is 1.78. The van der Waals surface area contributed by atoms with Crippen LogP contribution in [-0.2, 0) is 19.9 Å². The number of rotatable bonds is 5. The lowest BCUT2D eigenvalue weighted by molar-refractivity contribution is 0.746. The number of hydrogen-bond acceptors (Lipinski definition) is 4. The van der Waals surface area contributed by atoms with Crippen molar-refractivity contribution in [3.8, 4) is 5.69 Å². The Labute approximate surface area is 100 Å². The maximum absolute atomic E-state index is 5.47. The molecular weight excluding hydrogens is 216 g/mol. The minimum atomic E-state index is 0.681. The van der Waals surface area contributed by atoms with E-state index in [0.29, 0.717) is 6.54 Å². The van der Waals surface area contributed by atoms with E-state index in [-0.39, 0.29) is 0 Å². The summed E-state index contributed by atoms with van der Waals surface area (Å²) in [7, 11) is 1.91. The highest BCUT2D eigenvalue weighted by Gasteiger charge is 2.10. The summed E-state index contributed by atoms with van der Waals surface area (Å²) in [4.78, 5) is 0. The summed E-state index contributed by atoms with van der Waals surface area (Å²) in [6.45, 7) is 2.76. The normalized spacial score (nSPS) is 11.0. The van der Waals surface area contributed by atoms with E-state index in [0.717, 1.165) is 36.3 Å². The molecule has 0 fully saturated rings. The van der Waals surface area contributed by atoms with Gasteiger partial charge in [-0.25, -0.2) is 4.68 Å². The summed E-state index contributed by atoms with van der Waals surface area (Å²) in [6.07, 6.45) is 6.60. The van der Waals surface area contributed by atoms with Crippen molar-refractivity contribution in [3.05, 3.63) is 23.8 Å². The van der Waals surface area contributed by atoms with Crippen molar-refractivity contribution in [1.29, 1.82) is 0 Å². The second-order valence-electron chi connectivity index (χ2n) is 4.03. The molecule has 0 aromatic carbocycles. The highest BCUT2D eigenvalue weighted by molar-refractivity contribution is 5.33. The quantitative estimate of drug-likeness (QED) is 0.815. The molecule has 2 aromatic rings.